The smallest absolute Gasteiger partial charge is 0.329 e. The third-order valence-corrected chi connectivity index (χ3v) is 5.22. The van der Waals surface area contributed by atoms with Gasteiger partial charge in [-0.1, -0.05) is 77.3 Å². The quantitative estimate of drug-likeness (QED) is 0.268. The topological polar surface area (TPSA) is 75.6 Å². The van der Waals surface area contributed by atoms with Crippen molar-refractivity contribution in [2.75, 3.05) is 0 Å². The molecule has 180 valence electrons. The Labute approximate surface area is 198 Å². The van der Waals surface area contributed by atoms with Gasteiger partial charge in [-0.05, 0) is 61.8 Å². The fourth-order valence-corrected chi connectivity index (χ4v) is 3.91. The number of amides is 1. The number of rotatable bonds is 10. The van der Waals surface area contributed by atoms with E-state index in [9.17, 15) is 14.7 Å². The van der Waals surface area contributed by atoms with Crippen molar-refractivity contribution in [1.82, 2.24) is 5.32 Å². The lowest BCUT2D eigenvalue weighted by molar-refractivity contribution is -0.162. The Kier molecular flexibility index (Phi) is 9.46. The highest BCUT2D eigenvalue weighted by Crippen LogP contribution is 2.40. The highest BCUT2D eigenvalue weighted by Gasteiger charge is 2.43. The van der Waals surface area contributed by atoms with Gasteiger partial charge in [0, 0.05) is 5.57 Å². The van der Waals surface area contributed by atoms with Crippen molar-refractivity contribution in [2.45, 2.75) is 71.9 Å². The molecule has 33 heavy (non-hydrogen) atoms. The number of carbonyl (C=O) groups is 2. The van der Waals surface area contributed by atoms with Crippen LogP contribution in [0.1, 0.15) is 60.5 Å². The fourth-order valence-electron chi connectivity index (χ4n) is 3.91. The van der Waals surface area contributed by atoms with Crippen LogP contribution >= 0.6 is 0 Å². The average molecular weight is 454 g/mol. The Morgan fingerprint density at radius 2 is 1.61 bits per heavy atom. The molecule has 1 aromatic carbocycles. The Bertz CT molecular complexity index is 912. The Morgan fingerprint density at radius 1 is 1.03 bits per heavy atom. The van der Waals surface area contributed by atoms with E-state index < -0.39 is 28.9 Å². The molecule has 5 heteroatoms. The predicted octanol–water partition coefficient (Wildman–Crippen LogP) is 5.77. The lowest BCUT2D eigenvalue weighted by Crippen LogP contribution is -2.54. The molecule has 0 aliphatic carbocycles. The first-order valence-corrected chi connectivity index (χ1v) is 11.1. The molecule has 0 bridgehead atoms. The molecule has 1 atom stereocenters. The van der Waals surface area contributed by atoms with Gasteiger partial charge in [0.05, 0.1) is 0 Å². The maximum absolute atomic E-state index is 13.3. The number of aromatic hydroxyl groups is 1. The van der Waals surface area contributed by atoms with Gasteiger partial charge in [-0.15, -0.1) is 0 Å². The molecular weight excluding hydrogens is 414 g/mol. The maximum Gasteiger partial charge on any atom is 0.329 e. The number of benzene rings is 1. The van der Waals surface area contributed by atoms with Gasteiger partial charge in [0.2, 0.25) is 0 Å². The van der Waals surface area contributed by atoms with Crippen LogP contribution < -0.4 is 5.32 Å². The molecule has 1 amide bonds. The maximum atomic E-state index is 13.3. The molecule has 2 N–H and O–H groups in total. The van der Waals surface area contributed by atoms with Crippen LogP contribution in [0.4, 0.5) is 0 Å². The summed E-state index contributed by atoms with van der Waals surface area (Å²) < 4.78 is 5.68. The van der Waals surface area contributed by atoms with Crippen molar-refractivity contribution >= 4 is 11.9 Å². The number of ether oxygens (including phenoxy) is 1. The summed E-state index contributed by atoms with van der Waals surface area (Å²) in [5, 5.41) is 12.5. The third-order valence-electron chi connectivity index (χ3n) is 5.22. The van der Waals surface area contributed by atoms with E-state index in [2.05, 4.69) is 32.3 Å². The molecule has 0 heterocycles. The van der Waals surface area contributed by atoms with E-state index in [1.54, 1.807) is 57.2 Å². The highest BCUT2D eigenvalue weighted by molar-refractivity contribution is 5.99. The zero-order valence-corrected chi connectivity index (χ0v) is 21.1. The number of esters is 1. The Balaban J connectivity index is 3.34. The summed E-state index contributed by atoms with van der Waals surface area (Å²) in [5.74, 6) is -0.700. The molecule has 0 aromatic heterocycles. The SMILES string of the molecule is C=C/C=C\C(=C/C=C)C(=O)NC(C(=O)OC(C)(C)C)C(C)(C)CC(C)(C)c1ccc(O)cc1. The number of allylic oxidation sites excluding steroid dienone is 4. The zero-order valence-electron chi connectivity index (χ0n) is 21.1. The molecule has 0 aliphatic rings. The molecule has 0 fully saturated rings. The van der Waals surface area contributed by atoms with Crippen LogP contribution in [0.2, 0.25) is 0 Å². The summed E-state index contributed by atoms with van der Waals surface area (Å²) >= 11 is 0. The Hall–Kier alpha value is -3.08. The normalized spacial score (nSPS) is 14.0. The summed E-state index contributed by atoms with van der Waals surface area (Å²) in [6.07, 6.45) is 8.50. The lowest BCUT2D eigenvalue weighted by Gasteiger charge is -2.40. The van der Waals surface area contributed by atoms with Crippen LogP contribution in [-0.2, 0) is 19.7 Å². The van der Waals surface area contributed by atoms with Gasteiger partial charge in [-0.3, -0.25) is 4.79 Å². The van der Waals surface area contributed by atoms with Crippen molar-refractivity contribution < 1.29 is 19.4 Å². The first kappa shape index (κ1) is 28.0. The van der Waals surface area contributed by atoms with Crippen molar-refractivity contribution in [3.8, 4) is 5.75 Å². The van der Waals surface area contributed by atoms with Crippen LogP contribution in [0, 0.1) is 5.41 Å². The summed E-state index contributed by atoms with van der Waals surface area (Å²) in [6.45, 7) is 20.7. The van der Waals surface area contributed by atoms with E-state index in [0.717, 1.165) is 5.56 Å². The Morgan fingerprint density at radius 3 is 2.09 bits per heavy atom. The molecule has 0 radical (unpaired) electrons. The van der Waals surface area contributed by atoms with E-state index in [4.69, 9.17) is 4.74 Å². The molecule has 1 unspecified atom stereocenters. The molecule has 5 nitrogen and oxygen atoms in total. The number of phenolic OH excluding ortho intramolecular Hbond substituents is 1. The standard InChI is InChI=1S/C28H39NO4/c1-10-12-14-20(13-11-2)24(31)29-23(25(32)33-26(3,4)5)28(8,9)19-27(6,7)21-15-17-22(30)18-16-21/h10-18,23,30H,1-2,19H2,3-9H3,(H,29,31)/b14-12-,20-13+. The van der Waals surface area contributed by atoms with Crippen molar-refractivity contribution in [3.63, 3.8) is 0 Å². The molecule has 1 rings (SSSR count). The number of hydrogen-bond donors (Lipinski definition) is 2. The monoisotopic (exact) mass is 453 g/mol. The van der Waals surface area contributed by atoms with Crippen molar-refractivity contribution in [1.29, 1.82) is 0 Å². The van der Waals surface area contributed by atoms with E-state index >= 15 is 0 Å². The first-order valence-electron chi connectivity index (χ1n) is 11.1. The van der Waals surface area contributed by atoms with Gasteiger partial charge < -0.3 is 15.2 Å². The van der Waals surface area contributed by atoms with Crippen molar-refractivity contribution in [3.05, 3.63) is 78.9 Å². The van der Waals surface area contributed by atoms with Crippen LogP contribution in [0.25, 0.3) is 0 Å². The van der Waals surface area contributed by atoms with Gasteiger partial charge in [0.1, 0.15) is 17.4 Å². The number of nitrogens with one attached hydrogen (secondary N) is 1. The number of phenols is 1. The molecule has 0 saturated heterocycles. The zero-order chi connectivity index (χ0) is 25.4. The van der Waals surface area contributed by atoms with Crippen LogP contribution in [-0.4, -0.2) is 28.6 Å². The molecular formula is C28H39NO4. The van der Waals surface area contributed by atoms with Gasteiger partial charge in [-0.2, -0.15) is 0 Å². The minimum absolute atomic E-state index is 0.196. The predicted molar refractivity (Wildman–Crippen MR) is 135 cm³/mol. The summed E-state index contributed by atoms with van der Waals surface area (Å²) in [5.41, 5.74) is -0.340. The second-order valence-corrected chi connectivity index (χ2v) is 10.5. The van der Waals surface area contributed by atoms with Gasteiger partial charge >= 0.3 is 5.97 Å². The molecule has 1 aromatic rings. The summed E-state index contributed by atoms with van der Waals surface area (Å²) in [4.78, 5) is 26.3. The van der Waals surface area contributed by atoms with E-state index in [-0.39, 0.29) is 11.2 Å². The second kappa shape index (κ2) is 11.2. The van der Waals surface area contributed by atoms with E-state index in [0.29, 0.717) is 12.0 Å². The fraction of sp³-hybridized carbons (Fsp3) is 0.429. The van der Waals surface area contributed by atoms with Gasteiger partial charge in [0.15, 0.2) is 0 Å². The van der Waals surface area contributed by atoms with E-state index in [1.165, 1.54) is 6.08 Å². The van der Waals surface area contributed by atoms with E-state index in [1.807, 2.05) is 26.0 Å². The largest absolute Gasteiger partial charge is 0.508 e. The van der Waals surface area contributed by atoms with Crippen LogP contribution in [0.15, 0.2) is 73.4 Å². The van der Waals surface area contributed by atoms with Crippen LogP contribution in [0.5, 0.6) is 5.75 Å². The van der Waals surface area contributed by atoms with Gasteiger partial charge in [-0.25, -0.2) is 4.79 Å². The molecule has 0 aliphatic heterocycles. The summed E-state index contributed by atoms with van der Waals surface area (Å²) in [6, 6.07) is 6.14. The average Bonchev–Trinajstić information content (AvgIpc) is 2.67. The highest BCUT2D eigenvalue weighted by atomic mass is 16.6. The molecule has 0 saturated carbocycles. The van der Waals surface area contributed by atoms with Gasteiger partial charge in [0.25, 0.3) is 5.91 Å². The third kappa shape index (κ3) is 8.76. The lowest BCUT2D eigenvalue weighted by atomic mass is 9.68. The molecule has 0 spiro atoms. The second-order valence-electron chi connectivity index (χ2n) is 10.5. The number of hydrogen-bond acceptors (Lipinski definition) is 4. The first-order chi connectivity index (χ1) is 15.1. The number of carbonyl (C=O) groups excluding carboxylic acids is 2. The minimum atomic E-state index is -0.897. The summed E-state index contributed by atoms with van der Waals surface area (Å²) in [7, 11) is 0. The van der Waals surface area contributed by atoms with Crippen LogP contribution in [0.3, 0.4) is 0 Å². The minimum Gasteiger partial charge on any atom is -0.508 e. The van der Waals surface area contributed by atoms with Crippen molar-refractivity contribution in [2.24, 2.45) is 5.41 Å².